The van der Waals surface area contributed by atoms with Gasteiger partial charge in [0.2, 0.25) is 0 Å². The Kier molecular flexibility index (Phi) is 6.81. The van der Waals surface area contributed by atoms with E-state index in [1.807, 2.05) is 6.07 Å². The van der Waals surface area contributed by atoms with Crippen LogP contribution in [0.2, 0.25) is 0 Å². The maximum atomic E-state index is 5.33. The molecule has 1 aromatic rings. The monoisotopic (exact) mass is 280 g/mol. The molecule has 0 unspecified atom stereocenters. The summed E-state index contributed by atoms with van der Waals surface area (Å²) in [5.41, 5.74) is 2.40. The first-order valence-electron chi connectivity index (χ1n) is 6.93. The van der Waals surface area contributed by atoms with Crippen LogP contribution in [0.3, 0.4) is 0 Å². The van der Waals surface area contributed by atoms with E-state index in [0.29, 0.717) is 11.0 Å². The molecule has 0 aliphatic rings. The Labute approximate surface area is 122 Å². The molecule has 0 aliphatic heterocycles. The summed E-state index contributed by atoms with van der Waals surface area (Å²) < 4.78 is 0. The Hall–Kier alpha value is -1.13. The lowest BCUT2D eigenvalue weighted by atomic mass is 10.0. The van der Waals surface area contributed by atoms with Gasteiger partial charge in [0.25, 0.3) is 0 Å². The predicted molar refractivity (Wildman–Crippen MR) is 87.0 cm³/mol. The number of hydrogen-bond acceptors (Lipinski definition) is 1. The van der Waals surface area contributed by atoms with Gasteiger partial charge >= 0.3 is 0 Å². The summed E-state index contributed by atoms with van der Waals surface area (Å²) in [6, 6.07) is 8.32. The van der Waals surface area contributed by atoms with Gasteiger partial charge in [-0.2, -0.15) is 0 Å². The van der Waals surface area contributed by atoms with Crippen molar-refractivity contribution >= 4 is 23.0 Å². The highest BCUT2D eigenvalue weighted by Gasteiger charge is 2.06. The van der Waals surface area contributed by atoms with Crippen LogP contribution < -0.4 is 15.5 Å². The minimum atomic E-state index is 0.490. The van der Waals surface area contributed by atoms with Crippen LogP contribution >= 0.6 is 12.2 Å². The van der Waals surface area contributed by atoms with E-state index in [-0.39, 0.29) is 0 Å². The van der Waals surface area contributed by atoms with E-state index >= 15 is 0 Å². The average Bonchev–Trinajstić information content (AvgIpc) is 2.35. The minimum absolute atomic E-state index is 0.490. The zero-order chi connectivity index (χ0) is 14.3. The first-order valence-corrected chi connectivity index (χ1v) is 7.34. The van der Waals surface area contributed by atoms with Crippen LogP contribution in [0.5, 0.6) is 0 Å². The van der Waals surface area contributed by atoms with Crippen LogP contribution in [-0.2, 0) is 0 Å². The molecule has 0 saturated heterocycles. The van der Waals surface area contributed by atoms with Crippen LogP contribution in [0.25, 0.3) is 0 Å². The molecule has 3 N–H and O–H groups in total. The fourth-order valence-electron chi connectivity index (χ4n) is 1.92. The third-order valence-electron chi connectivity index (χ3n) is 2.97. The standard InChI is InChI=1S/C15H25N3S/c1-12(2)13-8-5-6-9-14(13)17-15(19)16-10-7-11-18(3)4/h5-6,8-9,12H,7,10-11H2,1-4H3,(H2,16,17,19)/p+1. The predicted octanol–water partition coefficient (Wildman–Crippen LogP) is 1.63. The van der Waals surface area contributed by atoms with Crippen molar-refractivity contribution in [2.24, 2.45) is 0 Å². The lowest BCUT2D eigenvalue weighted by molar-refractivity contribution is -0.858. The maximum absolute atomic E-state index is 5.33. The molecule has 0 bridgehead atoms. The Bertz CT molecular complexity index is 402. The SMILES string of the molecule is CC(C)c1ccccc1NC(=S)NCCC[NH+](C)C. The largest absolute Gasteiger partial charge is 0.362 e. The maximum Gasteiger partial charge on any atom is 0.170 e. The van der Waals surface area contributed by atoms with Gasteiger partial charge in [-0.1, -0.05) is 32.0 Å². The van der Waals surface area contributed by atoms with Gasteiger partial charge in [0.05, 0.1) is 20.6 Å². The molecular formula is C15H26N3S+. The van der Waals surface area contributed by atoms with Gasteiger partial charge in [0.1, 0.15) is 0 Å². The number of quaternary nitrogens is 1. The van der Waals surface area contributed by atoms with Crippen molar-refractivity contribution in [3.05, 3.63) is 29.8 Å². The van der Waals surface area contributed by atoms with Crippen LogP contribution in [0, 0.1) is 0 Å². The zero-order valence-corrected chi connectivity index (χ0v) is 13.2. The number of hydrogen-bond donors (Lipinski definition) is 3. The van der Waals surface area contributed by atoms with Crippen molar-refractivity contribution in [3.8, 4) is 0 Å². The topological polar surface area (TPSA) is 28.5 Å². The smallest absolute Gasteiger partial charge is 0.170 e. The van der Waals surface area contributed by atoms with Gasteiger partial charge in [-0.15, -0.1) is 0 Å². The first-order chi connectivity index (χ1) is 9.00. The van der Waals surface area contributed by atoms with E-state index in [1.165, 1.54) is 10.5 Å². The summed E-state index contributed by atoms with van der Waals surface area (Å²) in [7, 11) is 4.32. The third-order valence-corrected chi connectivity index (χ3v) is 3.22. The Morgan fingerprint density at radius 3 is 2.58 bits per heavy atom. The van der Waals surface area contributed by atoms with Crippen molar-refractivity contribution in [2.45, 2.75) is 26.2 Å². The molecule has 0 radical (unpaired) electrons. The van der Waals surface area contributed by atoms with Gasteiger partial charge in [0, 0.05) is 18.7 Å². The summed E-state index contributed by atoms with van der Waals surface area (Å²) in [6.45, 7) is 6.45. The Morgan fingerprint density at radius 1 is 1.26 bits per heavy atom. The summed E-state index contributed by atoms with van der Waals surface area (Å²) in [6.07, 6.45) is 1.12. The molecule has 3 nitrogen and oxygen atoms in total. The van der Waals surface area contributed by atoms with Crippen molar-refractivity contribution in [3.63, 3.8) is 0 Å². The second-order valence-electron chi connectivity index (χ2n) is 5.43. The third kappa shape index (κ3) is 6.03. The van der Waals surface area contributed by atoms with Gasteiger partial charge in [-0.05, 0) is 29.8 Å². The number of anilines is 1. The highest BCUT2D eigenvalue weighted by molar-refractivity contribution is 7.80. The normalized spacial score (nSPS) is 10.8. The van der Waals surface area contributed by atoms with E-state index in [2.05, 4.69) is 56.8 Å². The molecule has 0 atom stereocenters. The zero-order valence-electron chi connectivity index (χ0n) is 12.4. The highest BCUT2D eigenvalue weighted by Crippen LogP contribution is 2.23. The number of benzene rings is 1. The molecular weight excluding hydrogens is 254 g/mol. The van der Waals surface area contributed by atoms with E-state index in [9.17, 15) is 0 Å². The quantitative estimate of drug-likeness (QED) is 0.546. The Morgan fingerprint density at radius 2 is 1.95 bits per heavy atom. The number of thiocarbonyl (C=S) groups is 1. The molecule has 0 amide bonds. The van der Waals surface area contributed by atoms with Crippen molar-refractivity contribution in [1.82, 2.24) is 5.32 Å². The van der Waals surface area contributed by atoms with Crippen molar-refractivity contribution in [1.29, 1.82) is 0 Å². The van der Waals surface area contributed by atoms with E-state index < -0.39 is 0 Å². The molecule has 0 saturated carbocycles. The number of nitrogens with one attached hydrogen (secondary N) is 3. The summed E-state index contributed by atoms with van der Waals surface area (Å²) in [4.78, 5) is 1.46. The van der Waals surface area contributed by atoms with Gasteiger partial charge in [-0.3, -0.25) is 0 Å². The molecule has 106 valence electrons. The fraction of sp³-hybridized carbons (Fsp3) is 0.533. The van der Waals surface area contributed by atoms with Crippen LogP contribution in [0.4, 0.5) is 5.69 Å². The van der Waals surface area contributed by atoms with Gasteiger partial charge in [0.15, 0.2) is 5.11 Å². The average molecular weight is 280 g/mol. The molecule has 1 aromatic carbocycles. The molecule has 1 rings (SSSR count). The first kappa shape index (κ1) is 15.9. The number of rotatable bonds is 6. The summed E-state index contributed by atoms with van der Waals surface area (Å²) >= 11 is 5.33. The number of para-hydroxylation sites is 1. The molecule has 19 heavy (non-hydrogen) atoms. The van der Waals surface area contributed by atoms with Gasteiger partial charge < -0.3 is 15.5 Å². The molecule has 0 aliphatic carbocycles. The van der Waals surface area contributed by atoms with Crippen LogP contribution in [0.1, 0.15) is 31.7 Å². The second-order valence-corrected chi connectivity index (χ2v) is 5.84. The molecule has 4 heteroatoms. The lowest BCUT2D eigenvalue weighted by Crippen LogP contribution is -3.05. The van der Waals surface area contributed by atoms with Crippen LogP contribution in [-0.4, -0.2) is 32.3 Å². The second kappa shape index (κ2) is 8.12. The summed E-state index contributed by atoms with van der Waals surface area (Å²) in [5, 5.41) is 7.26. The van der Waals surface area contributed by atoms with Crippen molar-refractivity contribution in [2.75, 3.05) is 32.5 Å². The molecule has 0 heterocycles. The Balaban J connectivity index is 2.44. The molecule has 0 spiro atoms. The summed E-state index contributed by atoms with van der Waals surface area (Å²) in [5.74, 6) is 0.490. The van der Waals surface area contributed by atoms with E-state index in [0.717, 1.165) is 25.2 Å². The van der Waals surface area contributed by atoms with Gasteiger partial charge in [-0.25, -0.2) is 0 Å². The van der Waals surface area contributed by atoms with Crippen LogP contribution in [0.15, 0.2) is 24.3 Å². The highest BCUT2D eigenvalue weighted by atomic mass is 32.1. The van der Waals surface area contributed by atoms with Crippen molar-refractivity contribution < 1.29 is 4.90 Å². The van der Waals surface area contributed by atoms with E-state index in [1.54, 1.807) is 0 Å². The van der Waals surface area contributed by atoms with E-state index in [4.69, 9.17) is 12.2 Å². The fourth-order valence-corrected chi connectivity index (χ4v) is 2.14. The molecule has 0 fully saturated rings. The lowest BCUT2D eigenvalue weighted by Gasteiger charge is -2.16. The molecule has 0 aromatic heterocycles. The minimum Gasteiger partial charge on any atom is -0.362 e.